The first-order valence-corrected chi connectivity index (χ1v) is 7.51. The third kappa shape index (κ3) is 5.73. The maximum Gasteiger partial charge on any atom is 0.241 e. The van der Waals surface area contributed by atoms with Crippen LogP contribution in [0.1, 0.15) is 39.5 Å². The molecular formula is C15H22ClN3O2. The smallest absolute Gasteiger partial charge is 0.241 e. The standard InChI is InChI=1S/C15H22ClN3O2/c1-3-5-6-12(17)15(21)19-13-9-10(7-8-11(13)16)18-14(20)4-2/h7-9,12H,3-6,17H2,1-2H3,(H,18,20)(H,19,21)/t12-/m0/s1. The van der Waals surface area contributed by atoms with Gasteiger partial charge in [0.05, 0.1) is 16.8 Å². The number of nitrogens with two attached hydrogens (primary N) is 1. The largest absolute Gasteiger partial charge is 0.326 e. The number of hydrogen-bond donors (Lipinski definition) is 3. The Morgan fingerprint density at radius 1 is 1.29 bits per heavy atom. The number of anilines is 2. The lowest BCUT2D eigenvalue weighted by atomic mass is 10.1. The third-order valence-electron chi connectivity index (χ3n) is 3.03. The molecule has 0 aliphatic heterocycles. The Bertz CT molecular complexity index is 506. The average molecular weight is 312 g/mol. The van der Waals surface area contributed by atoms with Crippen molar-refractivity contribution in [1.29, 1.82) is 0 Å². The van der Waals surface area contributed by atoms with E-state index in [4.69, 9.17) is 17.3 Å². The van der Waals surface area contributed by atoms with Crippen LogP contribution in [0.4, 0.5) is 11.4 Å². The van der Waals surface area contributed by atoms with E-state index in [-0.39, 0.29) is 11.8 Å². The van der Waals surface area contributed by atoms with Gasteiger partial charge in [-0.05, 0) is 24.6 Å². The summed E-state index contributed by atoms with van der Waals surface area (Å²) >= 11 is 6.05. The number of amides is 2. The Labute approximate surface area is 130 Å². The molecule has 21 heavy (non-hydrogen) atoms. The van der Waals surface area contributed by atoms with E-state index in [1.54, 1.807) is 25.1 Å². The molecule has 1 aromatic rings. The fourth-order valence-electron chi connectivity index (χ4n) is 1.73. The fraction of sp³-hybridized carbons (Fsp3) is 0.467. The lowest BCUT2D eigenvalue weighted by Gasteiger charge is -2.14. The summed E-state index contributed by atoms with van der Waals surface area (Å²) in [6.45, 7) is 3.81. The Morgan fingerprint density at radius 3 is 2.62 bits per heavy atom. The molecule has 4 N–H and O–H groups in total. The van der Waals surface area contributed by atoms with E-state index in [1.807, 2.05) is 6.92 Å². The van der Waals surface area contributed by atoms with Crippen LogP contribution in [-0.2, 0) is 9.59 Å². The van der Waals surface area contributed by atoms with E-state index >= 15 is 0 Å². The van der Waals surface area contributed by atoms with Crippen molar-refractivity contribution in [2.45, 2.75) is 45.6 Å². The SMILES string of the molecule is CCCC[C@H](N)C(=O)Nc1cc(NC(=O)CC)ccc1Cl. The van der Waals surface area contributed by atoms with Crippen LogP contribution in [0.2, 0.25) is 5.02 Å². The van der Waals surface area contributed by atoms with Crippen molar-refractivity contribution in [3.8, 4) is 0 Å². The highest BCUT2D eigenvalue weighted by Crippen LogP contribution is 2.26. The molecule has 0 spiro atoms. The van der Waals surface area contributed by atoms with Gasteiger partial charge in [0.1, 0.15) is 0 Å². The summed E-state index contributed by atoms with van der Waals surface area (Å²) in [5, 5.41) is 5.82. The van der Waals surface area contributed by atoms with Crippen LogP contribution >= 0.6 is 11.6 Å². The van der Waals surface area contributed by atoms with Crippen molar-refractivity contribution >= 4 is 34.8 Å². The van der Waals surface area contributed by atoms with E-state index in [1.165, 1.54) is 0 Å². The maximum absolute atomic E-state index is 12.0. The average Bonchev–Trinajstić information content (AvgIpc) is 2.47. The normalized spacial score (nSPS) is 11.8. The van der Waals surface area contributed by atoms with Gasteiger partial charge in [-0.25, -0.2) is 0 Å². The molecule has 0 aliphatic rings. The number of hydrogen-bond acceptors (Lipinski definition) is 3. The summed E-state index contributed by atoms with van der Waals surface area (Å²) in [6.07, 6.45) is 2.90. The molecule has 116 valence electrons. The summed E-state index contributed by atoms with van der Waals surface area (Å²) in [4.78, 5) is 23.4. The van der Waals surface area contributed by atoms with Crippen LogP contribution in [-0.4, -0.2) is 17.9 Å². The molecule has 0 radical (unpaired) electrons. The quantitative estimate of drug-likeness (QED) is 0.723. The second-order valence-electron chi connectivity index (χ2n) is 4.83. The number of nitrogens with one attached hydrogen (secondary N) is 2. The first-order valence-electron chi connectivity index (χ1n) is 7.13. The third-order valence-corrected chi connectivity index (χ3v) is 3.36. The molecule has 1 rings (SSSR count). The summed E-state index contributed by atoms with van der Waals surface area (Å²) in [6, 6.07) is 4.37. The zero-order valence-corrected chi connectivity index (χ0v) is 13.2. The highest BCUT2D eigenvalue weighted by molar-refractivity contribution is 6.34. The molecule has 0 unspecified atom stereocenters. The van der Waals surface area contributed by atoms with E-state index in [9.17, 15) is 9.59 Å². The van der Waals surface area contributed by atoms with Gasteiger partial charge in [-0.2, -0.15) is 0 Å². The van der Waals surface area contributed by atoms with Gasteiger partial charge in [-0.3, -0.25) is 9.59 Å². The van der Waals surface area contributed by atoms with Crippen molar-refractivity contribution in [1.82, 2.24) is 0 Å². The number of rotatable bonds is 7. The summed E-state index contributed by atoms with van der Waals surface area (Å²) in [7, 11) is 0. The van der Waals surface area contributed by atoms with Crippen molar-refractivity contribution in [3.63, 3.8) is 0 Å². The number of benzene rings is 1. The number of unbranched alkanes of at least 4 members (excludes halogenated alkanes) is 1. The molecule has 2 amide bonds. The Kier molecular flexibility index (Phi) is 7.19. The Balaban J connectivity index is 2.75. The van der Waals surface area contributed by atoms with Gasteiger partial charge in [0.2, 0.25) is 11.8 Å². The lowest BCUT2D eigenvalue weighted by Crippen LogP contribution is -2.35. The molecule has 6 heteroatoms. The molecule has 0 fully saturated rings. The van der Waals surface area contributed by atoms with Crippen LogP contribution in [0.3, 0.4) is 0 Å². The second-order valence-corrected chi connectivity index (χ2v) is 5.24. The van der Waals surface area contributed by atoms with Gasteiger partial charge in [0.15, 0.2) is 0 Å². The van der Waals surface area contributed by atoms with Crippen molar-refractivity contribution in [3.05, 3.63) is 23.2 Å². The van der Waals surface area contributed by atoms with Crippen LogP contribution < -0.4 is 16.4 Å². The van der Waals surface area contributed by atoms with E-state index in [0.717, 1.165) is 12.8 Å². The van der Waals surface area contributed by atoms with Gasteiger partial charge in [-0.1, -0.05) is 38.3 Å². The van der Waals surface area contributed by atoms with E-state index in [2.05, 4.69) is 10.6 Å². The molecule has 0 aliphatic carbocycles. The fourth-order valence-corrected chi connectivity index (χ4v) is 1.89. The minimum atomic E-state index is -0.560. The first-order chi connectivity index (χ1) is 9.97. The van der Waals surface area contributed by atoms with Gasteiger partial charge in [0, 0.05) is 12.1 Å². The molecule has 5 nitrogen and oxygen atoms in total. The van der Waals surface area contributed by atoms with Crippen LogP contribution in [0.25, 0.3) is 0 Å². The molecule has 0 saturated heterocycles. The summed E-state index contributed by atoms with van der Waals surface area (Å²) in [5.74, 6) is -0.376. The highest BCUT2D eigenvalue weighted by atomic mass is 35.5. The Morgan fingerprint density at radius 2 is 2.00 bits per heavy atom. The maximum atomic E-state index is 12.0. The van der Waals surface area contributed by atoms with E-state index in [0.29, 0.717) is 29.2 Å². The predicted molar refractivity (Wildman–Crippen MR) is 86.5 cm³/mol. The Hall–Kier alpha value is -1.59. The molecule has 0 saturated carbocycles. The zero-order chi connectivity index (χ0) is 15.8. The van der Waals surface area contributed by atoms with Crippen LogP contribution in [0.15, 0.2) is 18.2 Å². The molecule has 0 aromatic heterocycles. The number of carbonyl (C=O) groups is 2. The van der Waals surface area contributed by atoms with Crippen LogP contribution in [0.5, 0.6) is 0 Å². The molecular weight excluding hydrogens is 290 g/mol. The summed E-state index contributed by atoms with van der Waals surface area (Å²) < 4.78 is 0. The van der Waals surface area contributed by atoms with Crippen molar-refractivity contribution < 1.29 is 9.59 Å². The predicted octanol–water partition coefficient (Wildman–Crippen LogP) is 3.14. The topological polar surface area (TPSA) is 84.2 Å². The van der Waals surface area contributed by atoms with Crippen molar-refractivity contribution in [2.75, 3.05) is 10.6 Å². The minimum absolute atomic E-state index is 0.103. The monoisotopic (exact) mass is 311 g/mol. The second kappa shape index (κ2) is 8.64. The highest BCUT2D eigenvalue weighted by Gasteiger charge is 2.14. The van der Waals surface area contributed by atoms with Gasteiger partial charge >= 0.3 is 0 Å². The first kappa shape index (κ1) is 17.5. The van der Waals surface area contributed by atoms with Gasteiger partial charge in [0.25, 0.3) is 0 Å². The van der Waals surface area contributed by atoms with Gasteiger partial charge in [-0.15, -0.1) is 0 Å². The number of halogens is 1. The summed E-state index contributed by atoms with van der Waals surface area (Å²) in [5.41, 5.74) is 6.85. The molecule has 1 aromatic carbocycles. The number of carbonyl (C=O) groups excluding carboxylic acids is 2. The molecule has 0 heterocycles. The lowest BCUT2D eigenvalue weighted by molar-refractivity contribution is -0.117. The van der Waals surface area contributed by atoms with Crippen LogP contribution in [0, 0.1) is 0 Å². The molecule has 0 bridgehead atoms. The zero-order valence-electron chi connectivity index (χ0n) is 12.4. The van der Waals surface area contributed by atoms with Crippen molar-refractivity contribution in [2.24, 2.45) is 5.73 Å². The minimum Gasteiger partial charge on any atom is -0.326 e. The van der Waals surface area contributed by atoms with Gasteiger partial charge < -0.3 is 16.4 Å². The van der Waals surface area contributed by atoms with E-state index < -0.39 is 6.04 Å². The molecule has 1 atom stereocenters.